The van der Waals surface area contributed by atoms with Gasteiger partial charge in [0.05, 0.1) is 0 Å². The van der Waals surface area contributed by atoms with Crippen molar-refractivity contribution in [2.45, 2.75) is 40.4 Å². The Morgan fingerprint density at radius 1 is 1.10 bits per heavy atom. The molecule has 0 aromatic carbocycles. The van der Waals surface area contributed by atoms with E-state index in [-0.39, 0.29) is 5.41 Å². The van der Waals surface area contributed by atoms with E-state index in [2.05, 4.69) is 51.3 Å². The van der Waals surface area contributed by atoms with Gasteiger partial charge in [0.15, 0.2) is 8.24 Å². The zero-order valence-electron chi connectivity index (χ0n) is 8.02. The SMILES string of the molecule is CC(C)(C)/C=N/[Si](C)(C)C. The molecule has 0 aliphatic carbocycles. The van der Waals surface area contributed by atoms with Gasteiger partial charge in [-0.2, -0.15) is 0 Å². The molecule has 0 aliphatic rings. The number of hydrogen-bond acceptors (Lipinski definition) is 1. The minimum absolute atomic E-state index is 0.250. The van der Waals surface area contributed by atoms with Crippen molar-refractivity contribution >= 4 is 14.5 Å². The van der Waals surface area contributed by atoms with Crippen molar-refractivity contribution in [3.8, 4) is 0 Å². The molecule has 0 aromatic rings. The minimum Gasteiger partial charge on any atom is -0.333 e. The van der Waals surface area contributed by atoms with Crippen LogP contribution in [0.3, 0.4) is 0 Å². The molecule has 0 bridgehead atoms. The number of rotatable bonds is 1. The average Bonchev–Trinajstić information content (AvgIpc) is 1.57. The second kappa shape index (κ2) is 2.87. The molecule has 0 unspecified atom stereocenters. The molecule has 0 amide bonds. The smallest absolute Gasteiger partial charge is 0.171 e. The van der Waals surface area contributed by atoms with E-state index in [0.29, 0.717) is 0 Å². The lowest BCUT2D eigenvalue weighted by Crippen LogP contribution is -2.19. The second-order valence-electron chi connectivity index (χ2n) is 4.80. The maximum Gasteiger partial charge on any atom is 0.171 e. The zero-order chi connectivity index (χ0) is 8.41. The molecule has 0 rings (SSSR count). The largest absolute Gasteiger partial charge is 0.333 e. The molecule has 2 heteroatoms. The Morgan fingerprint density at radius 2 is 1.50 bits per heavy atom. The summed E-state index contributed by atoms with van der Waals surface area (Å²) in [5, 5.41) is 0. The molecule has 0 saturated carbocycles. The maximum absolute atomic E-state index is 4.54. The van der Waals surface area contributed by atoms with Gasteiger partial charge < -0.3 is 4.66 Å². The fourth-order valence-corrected chi connectivity index (χ4v) is 1.16. The third kappa shape index (κ3) is 7.89. The van der Waals surface area contributed by atoms with Crippen LogP contribution < -0.4 is 0 Å². The van der Waals surface area contributed by atoms with Crippen LogP contribution in [-0.2, 0) is 0 Å². The van der Waals surface area contributed by atoms with Crippen LogP contribution in [0.4, 0.5) is 0 Å². The molecule has 0 fully saturated rings. The second-order valence-corrected chi connectivity index (χ2v) is 9.39. The molecule has 0 atom stereocenters. The molecule has 0 N–H and O–H groups in total. The van der Waals surface area contributed by atoms with Gasteiger partial charge in [-0.25, -0.2) is 0 Å². The van der Waals surface area contributed by atoms with Crippen LogP contribution in [0, 0.1) is 5.41 Å². The summed E-state index contributed by atoms with van der Waals surface area (Å²) >= 11 is 0. The van der Waals surface area contributed by atoms with E-state index >= 15 is 0 Å². The third-order valence-electron chi connectivity index (χ3n) is 0.839. The van der Waals surface area contributed by atoms with Crippen LogP contribution in [0.2, 0.25) is 19.6 Å². The van der Waals surface area contributed by atoms with Crippen molar-refractivity contribution in [3.05, 3.63) is 0 Å². The van der Waals surface area contributed by atoms with Crippen molar-refractivity contribution in [2.24, 2.45) is 10.1 Å². The highest BCUT2D eigenvalue weighted by Crippen LogP contribution is 2.11. The van der Waals surface area contributed by atoms with E-state index in [4.69, 9.17) is 0 Å². The Hall–Kier alpha value is -0.113. The monoisotopic (exact) mass is 157 g/mol. The van der Waals surface area contributed by atoms with E-state index in [1.54, 1.807) is 0 Å². The first-order valence-electron chi connectivity index (χ1n) is 3.77. The molecule has 60 valence electrons. The fourth-order valence-electron chi connectivity index (χ4n) is 0.387. The molecule has 0 spiro atoms. The summed E-state index contributed by atoms with van der Waals surface area (Å²) in [6, 6.07) is 0. The van der Waals surface area contributed by atoms with E-state index in [0.717, 1.165) is 0 Å². The first-order valence-corrected chi connectivity index (χ1v) is 7.22. The highest BCUT2D eigenvalue weighted by Gasteiger charge is 2.12. The van der Waals surface area contributed by atoms with Gasteiger partial charge in [0.2, 0.25) is 0 Å². The Bertz CT molecular complexity index is 109. The quantitative estimate of drug-likeness (QED) is 0.410. The van der Waals surface area contributed by atoms with E-state index in [1.165, 1.54) is 0 Å². The van der Waals surface area contributed by atoms with Crippen LogP contribution in [0.5, 0.6) is 0 Å². The van der Waals surface area contributed by atoms with Gasteiger partial charge in [0.1, 0.15) is 0 Å². The first-order chi connectivity index (χ1) is 4.21. The maximum atomic E-state index is 4.54. The lowest BCUT2D eigenvalue weighted by molar-refractivity contribution is 0.607. The summed E-state index contributed by atoms with van der Waals surface area (Å²) in [4.78, 5) is 0. The Kier molecular flexibility index (Phi) is 2.83. The van der Waals surface area contributed by atoms with Gasteiger partial charge in [-0.05, 0) is 31.3 Å². The Balaban J connectivity index is 4.01. The van der Waals surface area contributed by atoms with Crippen LogP contribution in [0.15, 0.2) is 4.66 Å². The highest BCUT2D eigenvalue weighted by molar-refractivity contribution is 6.75. The lowest BCUT2D eigenvalue weighted by Gasteiger charge is -2.15. The zero-order valence-corrected chi connectivity index (χ0v) is 9.02. The topological polar surface area (TPSA) is 12.4 Å². The predicted octanol–water partition coefficient (Wildman–Crippen LogP) is 2.94. The van der Waals surface area contributed by atoms with Crippen LogP contribution in [0.1, 0.15) is 20.8 Å². The molecule has 1 nitrogen and oxygen atoms in total. The summed E-state index contributed by atoms with van der Waals surface area (Å²) in [6.45, 7) is 13.3. The first kappa shape index (κ1) is 9.89. The highest BCUT2D eigenvalue weighted by atomic mass is 28.3. The molecule has 0 radical (unpaired) electrons. The van der Waals surface area contributed by atoms with Crippen LogP contribution in [0.25, 0.3) is 0 Å². The minimum atomic E-state index is -1.20. The summed E-state index contributed by atoms with van der Waals surface area (Å²) in [5.74, 6) is 0. The molecule has 0 saturated heterocycles. The molecule has 10 heavy (non-hydrogen) atoms. The van der Waals surface area contributed by atoms with Gasteiger partial charge in [-0.15, -0.1) is 0 Å². The number of hydrogen-bond donors (Lipinski definition) is 0. The fraction of sp³-hybridized carbons (Fsp3) is 0.875. The van der Waals surface area contributed by atoms with Crippen LogP contribution in [-0.4, -0.2) is 14.5 Å². The standard InChI is InChI=1S/C8H19NSi/c1-8(2,3)7-9-10(4,5)6/h7H,1-6H3/b9-7+. The van der Waals surface area contributed by atoms with Crippen molar-refractivity contribution in [1.29, 1.82) is 0 Å². The van der Waals surface area contributed by atoms with Gasteiger partial charge in [-0.3, -0.25) is 0 Å². The van der Waals surface area contributed by atoms with Crippen molar-refractivity contribution in [3.63, 3.8) is 0 Å². The van der Waals surface area contributed by atoms with Crippen molar-refractivity contribution in [2.75, 3.05) is 0 Å². The lowest BCUT2D eigenvalue weighted by atomic mass is 10.00. The van der Waals surface area contributed by atoms with Gasteiger partial charge in [-0.1, -0.05) is 20.8 Å². The molecule has 0 aromatic heterocycles. The molecular formula is C8H19NSi. The average molecular weight is 157 g/mol. The molecular weight excluding hydrogens is 138 g/mol. The molecule has 0 aliphatic heterocycles. The van der Waals surface area contributed by atoms with E-state index in [9.17, 15) is 0 Å². The van der Waals surface area contributed by atoms with E-state index in [1.807, 2.05) is 0 Å². The normalized spacial score (nSPS) is 14.6. The van der Waals surface area contributed by atoms with Crippen molar-refractivity contribution in [1.82, 2.24) is 0 Å². The summed E-state index contributed by atoms with van der Waals surface area (Å²) in [6.07, 6.45) is 2.08. The Labute approximate surface area is 65.7 Å². The van der Waals surface area contributed by atoms with Gasteiger partial charge in [0.25, 0.3) is 0 Å². The number of nitrogens with zero attached hydrogens (tertiary/aromatic N) is 1. The van der Waals surface area contributed by atoms with Gasteiger partial charge in [0, 0.05) is 0 Å². The van der Waals surface area contributed by atoms with Gasteiger partial charge >= 0.3 is 0 Å². The van der Waals surface area contributed by atoms with Crippen molar-refractivity contribution < 1.29 is 0 Å². The van der Waals surface area contributed by atoms with Crippen LogP contribution >= 0.6 is 0 Å². The summed E-state index contributed by atoms with van der Waals surface area (Å²) in [5.41, 5.74) is 0.250. The third-order valence-corrected chi connectivity index (χ3v) is 1.74. The molecule has 0 heterocycles. The summed E-state index contributed by atoms with van der Waals surface area (Å²) in [7, 11) is -1.20. The predicted molar refractivity (Wildman–Crippen MR) is 51.3 cm³/mol. The Morgan fingerprint density at radius 3 is 1.60 bits per heavy atom. The summed E-state index contributed by atoms with van der Waals surface area (Å²) < 4.78 is 4.54. The van der Waals surface area contributed by atoms with E-state index < -0.39 is 8.24 Å².